The minimum absolute atomic E-state index is 0.0355. The van der Waals surface area contributed by atoms with Crippen LogP contribution >= 0.6 is 0 Å². The number of pyridine rings is 1. The molecular weight excluding hydrogens is 266 g/mol. The van der Waals surface area contributed by atoms with Crippen LogP contribution < -0.4 is 15.4 Å². The first-order chi connectivity index (χ1) is 10.3. The first-order valence-corrected chi connectivity index (χ1v) is 6.81. The van der Waals surface area contributed by atoms with Crippen LogP contribution in [0.25, 0.3) is 0 Å². The molecule has 0 atom stereocenters. The molecule has 5 nitrogen and oxygen atoms in total. The molecule has 0 saturated carbocycles. The summed E-state index contributed by atoms with van der Waals surface area (Å²) >= 11 is 0. The zero-order valence-electron chi connectivity index (χ0n) is 12.0. The van der Waals surface area contributed by atoms with Gasteiger partial charge in [0, 0.05) is 26.3 Å². The Labute approximate surface area is 124 Å². The second-order valence-corrected chi connectivity index (χ2v) is 4.53. The number of likely N-dealkylation sites (N-methyl/N-ethyl adjacent to an activating group) is 1. The van der Waals surface area contributed by atoms with Gasteiger partial charge in [-0.1, -0.05) is 18.2 Å². The molecule has 1 aromatic carbocycles. The van der Waals surface area contributed by atoms with Gasteiger partial charge in [-0.3, -0.25) is 9.78 Å². The lowest BCUT2D eigenvalue weighted by atomic mass is 10.2. The van der Waals surface area contributed by atoms with E-state index in [9.17, 15) is 4.79 Å². The average Bonchev–Trinajstić information content (AvgIpc) is 2.55. The molecule has 21 heavy (non-hydrogen) atoms. The predicted octanol–water partition coefficient (Wildman–Crippen LogP) is 1.50. The van der Waals surface area contributed by atoms with Crippen LogP contribution in [0.1, 0.15) is 11.3 Å². The van der Waals surface area contributed by atoms with E-state index in [2.05, 4.69) is 15.6 Å². The topological polar surface area (TPSA) is 63.2 Å². The fourth-order valence-electron chi connectivity index (χ4n) is 1.76. The second-order valence-electron chi connectivity index (χ2n) is 4.53. The molecule has 0 aliphatic heterocycles. The second kappa shape index (κ2) is 8.01. The number of amides is 1. The Morgan fingerprint density at radius 2 is 1.95 bits per heavy atom. The van der Waals surface area contributed by atoms with Crippen LogP contribution in [0.4, 0.5) is 0 Å². The maximum absolute atomic E-state index is 11.1. The summed E-state index contributed by atoms with van der Waals surface area (Å²) in [6.45, 7) is 1.52. The van der Waals surface area contributed by atoms with E-state index in [1.165, 1.54) is 0 Å². The molecule has 5 heteroatoms. The normalized spacial score (nSPS) is 10.1. The number of ether oxygens (including phenoxy) is 1. The zero-order chi connectivity index (χ0) is 14.9. The number of hydrogen-bond acceptors (Lipinski definition) is 4. The van der Waals surface area contributed by atoms with E-state index in [1.807, 2.05) is 42.5 Å². The number of nitrogens with one attached hydrogen (secondary N) is 2. The maximum atomic E-state index is 11.1. The van der Waals surface area contributed by atoms with Crippen LogP contribution in [0.15, 0.2) is 48.7 Å². The highest BCUT2D eigenvalue weighted by molar-refractivity contribution is 5.77. The Morgan fingerprint density at radius 1 is 1.14 bits per heavy atom. The van der Waals surface area contributed by atoms with Crippen LogP contribution in [-0.2, 0) is 17.9 Å². The third-order valence-electron chi connectivity index (χ3n) is 2.93. The summed E-state index contributed by atoms with van der Waals surface area (Å²) in [4.78, 5) is 15.3. The van der Waals surface area contributed by atoms with Crippen molar-refractivity contribution in [1.82, 2.24) is 15.6 Å². The Kier molecular flexibility index (Phi) is 5.72. The standard InChI is InChI=1S/C16H19N3O2/c1-17-16(20)12-21-15-7-5-13(6-8-15)10-18-11-14-4-2-3-9-19-14/h2-9,18H,10-12H2,1H3,(H,17,20). The molecule has 110 valence electrons. The van der Waals surface area contributed by atoms with Crippen molar-refractivity contribution in [3.05, 3.63) is 59.9 Å². The molecule has 0 fully saturated rings. The van der Waals surface area contributed by atoms with Gasteiger partial charge in [0.25, 0.3) is 5.91 Å². The molecule has 0 bridgehead atoms. The molecule has 2 rings (SSSR count). The molecule has 1 amide bonds. The Balaban J connectivity index is 1.76. The van der Waals surface area contributed by atoms with E-state index >= 15 is 0 Å². The highest BCUT2D eigenvalue weighted by Gasteiger charge is 2.00. The number of rotatable bonds is 7. The summed E-state index contributed by atoms with van der Waals surface area (Å²) < 4.78 is 5.35. The molecule has 2 N–H and O–H groups in total. The van der Waals surface area contributed by atoms with Crippen molar-refractivity contribution in [3.8, 4) is 5.75 Å². The Bertz CT molecular complexity index is 555. The van der Waals surface area contributed by atoms with Gasteiger partial charge in [0.15, 0.2) is 6.61 Å². The summed E-state index contributed by atoms with van der Waals surface area (Å²) in [6, 6.07) is 13.5. The van der Waals surface area contributed by atoms with Crippen molar-refractivity contribution in [2.24, 2.45) is 0 Å². The molecule has 0 radical (unpaired) electrons. The molecule has 0 spiro atoms. The van der Waals surface area contributed by atoms with Gasteiger partial charge < -0.3 is 15.4 Å². The van der Waals surface area contributed by atoms with Crippen LogP contribution in [-0.4, -0.2) is 24.5 Å². The number of carbonyl (C=O) groups is 1. The van der Waals surface area contributed by atoms with Gasteiger partial charge in [-0.05, 0) is 29.8 Å². The lowest BCUT2D eigenvalue weighted by Gasteiger charge is -2.07. The maximum Gasteiger partial charge on any atom is 0.257 e. The van der Waals surface area contributed by atoms with E-state index in [1.54, 1.807) is 13.2 Å². The van der Waals surface area contributed by atoms with E-state index in [0.29, 0.717) is 5.75 Å². The lowest BCUT2D eigenvalue weighted by Crippen LogP contribution is -2.24. The van der Waals surface area contributed by atoms with Crippen molar-refractivity contribution in [3.63, 3.8) is 0 Å². The zero-order valence-corrected chi connectivity index (χ0v) is 12.0. The highest BCUT2D eigenvalue weighted by Crippen LogP contribution is 2.12. The monoisotopic (exact) mass is 285 g/mol. The van der Waals surface area contributed by atoms with Crippen molar-refractivity contribution in [2.75, 3.05) is 13.7 Å². The summed E-state index contributed by atoms with van der Waals surface area (Å²) in [7, 11) is 1.59. The summed E-state index contributed by atoms with van der Waals surface area (Å²) in [5.41, 5.74) is 2.17. The average molecular weight is 285 g/mol. The first kappa shape index (κ1) is 15.0. The molecule has 0 saturated heterocycles. The van der Waals surface area contributed by atoms with Crippen molar-refractivity contribution < 1.29 is 9.53 Å². The van der Waals surface area contributed by atoms with Gasteiger partial charge in [-0.15, -0.1) is 0 Å². The van der Waals surface area contributed by atoms with Crippen LogP contribution in [0.3, 0.4) is 0 Å². The summed E-state index contributed by atoms with van der Waals surface area (Å²) in [6.07, 6.45) is 1.79. The van der Waals surface area contributed by atoms with Gasteiger partial charge in [-0.2, -0.15) is 0 Å². The molecule has 1 heterocycles. The van der Waals surface area contributed by atoms with E-state index in [0.717, 1.165) is 24.3 Å². The van der Waals surface area contributed by atoms with E-state index < -0.39 is 0 Å². The molecular formula is C16H19N3O2. The fraction of sp³-hybridized carbons (Fsp3) is 0.250. The Morgan fingerprint density at radius 3 is 2.62 bits per heavy atom. The molecule has 0 aliphatic rings. The first-order valence-electron chi connectivity index (χ1n) is 6.81. The quantitative estimate of drug-likeness (QED) is 0.809. The molecule has 1 aromatic heterocycles. The molecule has 0 unspecified atom stereocenters. The van der Waals surface area contributed by atoms with Crippen molar-refractivity contribution >= 4 is 5.91 Å². The van der Waals surface area contributed by atoms with Gasteiger partial charge in [-0.25, -0.2) is 0 Å². The number of nitrogens with zero attached hydrogens (tertiary/aromatic N) is 1. The van der Waals surface area contributed by atoms with Gasteiger partial charge in [0.1, 0.15) is 5.75 Å². The largest absolute Gasteiger partial charge is 0.484 e. The lowest BCUT2D eigenvalue weighted by molar-refractivity contribution is -0.122. The predicted molar refractivity (Wildman–Crippen MR) is 80.8 cm³/mol. The number of benzene rings is 1. The van der Waals surface area contributed by atoms with Gasteiger partial charge in [0.05, 0.1) is 5.69 Å². The number of hydrogen-bond donors (Lipinski definition) is 2. The number of aromatic nitrogens is 1. The van der Waals surface area contributed by atoms with Crippen molar-refractivity contribution in [2.45, 2.75) is 13.1 Å². The molecule has 2 aromatic rings. The Hall–Kier alpha value is -2.40. The smallest absolute Gasteiger partial charge is 0.257 e. The minimum Gasteiger partial charge on any atom is -0.484 e. The van der Waals surface area contributed by atoms with Crippen LogP contribution in [0.5, 0.6) is 5.75 Å². The SMILES string of the molecule is CNC(=O)COc1ccc(CNCc2ccccn2)cc1. The number of carbonyl (C=O) groups excluding carboxylic acids is 1. The van der Waals surface area contributed by atoms with Gasteiger partial charge >= 0.3 is 0 Å². The van der Waals surface area contributed by atoms with E-state index in [4.69, 9.17) is 4.74 Å². The summed E-state index contributed by atoms with van der Waals surface area (Å²) in [5.74, 6) is 0.545. The highest BCUT2D eigenvalue weighted by atomic mass is 16.5. The minimum atomic E-state index is -0.142. The summed E-state index contributed by atoms with van der Waals surface area (Å²) in [5, 5.41) is 5.84. The van der Waals surface area contributed by atoms with E-state index in [-0.39, 0.29) is 12.5 Å². The fourth-order valence-corrected chi connectivity index (χ4v) is 1.76. The van der Waals surface area contributed by atoms with Gasteiger partial charge in [0.2, 0.25) is 0 Å². The third kappa shape index (κ3) is 5.24. The third-order valence-corrected chi connectivity index (χ3v) is 2.93. The van der Waals surface area contributed by atoms with Crippen LogP contribution in [0, 0.1) is 0 Å². The molecule has 0 aliphatic carbocycles. The van der Waals surface area contributed by atoms with Crippen LogP contribution in [0.2, 0.25) is 0 Å². The van der Waals surface area contributed by atoms with Crippen molar-refractivity contribution in [1.29, 1.82) is 0 Å².